The first-order chi connectivity index (χ1) is 8.68. The summed E-state index contributed by atoms with van der Waals surface area (Å²) in [6, 6.07) is 14.6. The molecule has 0 spiro atoms. The highest BCUT2D eigenvalue weighted by atomic mass is 16.6. The van der Waals surface area contributed by atoms with Gasteiger partial charge in [0.15, 0.2) is 0 Å². The van der Waals surface area contributed by atoms with E-state index in [9.17, 15) is 10.1 Å². The van der Waals surface area contributed by atoms with Crippen molar-refractivity contribution in [3.8, 4) is 11.8 Å². The summed E-state index contributed by atoms with van der Waals surface area (Å²) in [6.45, 7) is 1.71. The van der Waals surface area contributed by atoms with Gasteiger partial charge in [0.1, 0.15) is 5.56 Å². The number of benzene rings is 2. The van der Waals surface area contributed by atoms with Crippen LogP contribution >= 0.6 is 0 Å². The number of rotatable bonds is 1. The summed E-state index contributed by atoms with van der Waals surface area (Å²) in [5.74, 6) is 5.79. The zero-order valence-electron chi connectivity index (χ0n) is 9.88. The van der Waals surface area contributed by atoms with Gasteiger partial charge in [-0.05, 0) is 25.1 Å². The fourth-order valence-electron chi connectivity index (χ4n) is 1.66. The zero-order valence-corrected chi connectivity index (χ0v) is 9.88. The van der Waals surface area contributed by atoms with Crippen molar-refractivity contribution in [3.63, 3.8) is 0 Å². The fourth-order valence-corrected chi connectivity index (χ4v) is 1.66. The minimum Gasteiger partial charge on any atom is -0.258 e. The second-order valence-electron chi connectivity index (χ2n) is 3.84. The zero-order chi connectivity index (χ0) is 13.0. The molecule has 88 valence electrons. The third-order valence-corrected chi connectivity index (χ3v) is 2.54. The maximum absolute atomic E-state index is 11.0. The van der Waals surface area contributed by atoms with Gasteiger partial charge in [0.25, 0.3) is 5.69 Å². The average molecular weight is 237 g/mol. The Balaban J connectivity index is 2.45. The molecule has 2 rings (SSSR count). The van der Waals surface area contributed by atoms with Crippen LogP contribution in [-0.4, -0.2) is 4.92 Å². The molecule has 0 bridgehead atoms. The minimum atomic E-state index is -0.385. The number of hydrogen-bond acceptors (Lipinski definition) is 2. The van der Waals surface area contributed by atoms with Crippen molar-refractivity contribution >= 4 is 5.69 Å². The normalized spacial score (nSPS) is 9.39. The molecular formula is C15H11NO2. The molecule has 3 heteroatoms. The standard InChI is InChI=1S/C15H11NO2/c1-12-6-5-9-14(15(12)16(17)18)11-10-13-7-3-2-4-8-13/h2-9H,1H3. The lowest BCUT2D eigenvalue weighted by Gasteiger charge is -1.98. The van der Waals surface area contributed by atoms with Crippen LogP contribution in [0.4, 0.5) is 5.69 Å². The number of nitro groups is 1. The number of para-hydroxylation sites is 1. The second-order valence-corrected chi connectivity index (χ2v) is 3.84. The molecule has 0 fully saturated rings. The smallest absolute Gasteiger partial charge is 0.258 e. The topological polar surface area (TPSA) is 43.1 Å². The van der Waals surface area contributed by atoms with Gasteiger partial charge in [0.05, 0.1) is 4.92 Å². The average Bonchev–Trinajstić information content (AvgIpc) is 2.37. The Labute approximate surface area is 105 Å². The largest absolute Gasteiger partial charge is 0.287 e. The summed E-state index contributed by atoms with van der Waals surface area (Å²) in [5, 5.41) is 11.0. The Morgan fingerprint density at radius 1 is 1.00 bits per heavy atom. The van der Waals surface area contributed by atoms with Crippen molar-refractivity contribution in [2.45, 2.75) is 6.92 Å². The molecule has 0 saturated heterocycles. The Kier molecular flexibility index (Phi) is 3.40. The van der Waals surface area contributed by atoms with Gasteiger partial charge >= 0.3 is 0 Å². The summed E-state index contributed by atoms with van der Waals surface area (Å²) < 4.78 is 0. The Morgan fingerprint density at radius 3 is 2.39 bits per heavy atom. The Bertz CT molecular complexity index is 637. The Morgan fingerprint density at radius 2 is 1.72 bits per heavy atom. The van der Waals surface area contributed by atoms with Gasteiger partial charge in [-0.25, -0.2) is 0 Å². The van der Waals surface area contributed by atoms with E-state index in [0.717, 1.165) is 5.56 Å². The molecule has 0 aliphatic heterocycles. The summed E-state index contributed by atoms with van der Waals surface area (Å²) in [4.78, 5) is 10.6. The fraction of sp³-hybridized carbons (Fsp3) is 0.0667. The van der Waals surface area contributed by atoms with Gasteiger partial charge in [-0.1, -0.05) is 42.2 Å². The van der Waals surface area contributed by atoms with Crippen LogP contribution in [0.5, 0.6) is 0 Å². The molecular weight excluding hydrogens is 226 g/mol. The van der Waals surface area contributed by atoms with E-state index >= 15 is 0 Å². The van der Waals surface area contributed by atoms with E-state index in [-0.39, 0.29) is 10.6 Å². The van der Waals surface area contributed by atoms with Crippen molar-refractivity contribution in [2.24, 2.45) is 0 Å². The molecule has 0 atom stereocenters. The van der Waals surface area contributed by atoms with Gasteiger partial charge in [-0.3, -0.25) is 10.1 Å². The number of nitro benzene ring substituents is 1. The lowest BCUT2D eigenvalue weighted by molar-refractivity contribution is -0.385. The summed E-state index contributed by atoms with van der Waals surface area (Å²) >= 11 is 0. The molecule has 0 saturated carbocycles. The van der Waals surface area contributed by atoms with Crippen LogP contribution in [0.2, 0.25) is 0 Å². The van der Waals surface area contributed by atoms with Crippen LogP contribution in [0.15, 0.2) is 48.5 Å². The molecule has 2 aromatic carbocycles. The molecule has 0 aliphatic carbocycles. The first kappa shape index (κ1) is 11.9. The second kappa shape index (κ2) is 5.15. The molecule has 0 unspecified atom stereocenters. The highest BCUT2D eigenvalue weighted by molar-refractivity contribution is 5.57. The van der Waals surface area contributed by atoms with E-state index in [0.29, 0.717) is 11.1 Å². The summed E-state index contributed by atoms with van der Waals surface area (Å²) in [6.07, 6.45) is 0. The maximum atomic E-state index is 11.0. The van der Waals surface area contributed by atoms with Gasteiger partial charge in [-0.15, -0.1) is 0 Å². The molecule has 18 heavy (non-hydrogen) atoms. The number of hydrogen-bond donors (Lipinski definition) is 0. The highest BCUT2D eigenvalue weighted by Crippen LogP contribution is 2.21. The van der Waals surface area contributed by atoms with Crippen molar-refractivity contribution in [1.82, 2.24) is 0 Å². The van der Waals surface area contributed by atoms with Crippen molar-refractivity contribution in [3.05, 3.63) is 75.3 Å². The third-order valence-electron chi connectivity index (χ3n) is 2.54. The summed E-state index contributed by atoms with van der Waals surface area (Å²) in [7, 11) is 0. The van der Waals surface area contributed by atoms with Crippen LogP contribution < -0.4 is 0 Å². The van der Waals surface area contributed by atoms with E-state index in [1.54, 1.807) is 25.1 Å². The molecule has 2 aromatic rings. The SMILES string of the molecule is Cc1cccc(C#Cc2ccccc2)c1[N+](=O)[O-]. The van der Waals surface area contributed by atoms with Gasteiger partial charge in [-0.2, -0.15) is 0 Å². The van der Waals surface area contributed by atoms with E-state index < -0.39 is 0 Å². The lowest BCUT2D eigenvalue weighted by Crippen LogP contribution is -1.95. The van der Waals surface area contributed by atoms with Crippen molar-refractivity contribution in [1.29, 1.82) is 0 Å². The molecule has 0 aromatic heterocycles. The Hall–Kier alpha value is -2.60. The molecule has 3 nitrogen and oxygen atoms in total. The third kappa shape index (κ3) is 2.55. The van der Waals surface area contributed by atoms with Gasteiger partial charge in [0, 0.05) is 11.1 Å². The minimum absolute atomic E-state index is 0.0842. The summed E-state index contributed by atoms with van der Waals surface area (Å²) in [5.41, 5.74) is 2.00. The predicted octanol–water partition coefficient (Wildman–Crippen LogP) is 3.30. The number of aryl methyl sites for hydroxylation is 1. The first-order valence-corrected chi connectivity index (χ1v) is 5.49. The van der Waals surface area contributed by atoms with E-state index in [1.807, 2.05) is 30.3 Å². The first-order valence-electron chi connectivity index (χ1n) is 5.49. The van der Waals surface area contributed by atoms with E-state index in [4.69, 9.17) is 0 Å². The number of nitrogens with zero attached hydrogens (tertiary/aromatic N) is 1. The molecule has 0 radical (unpaired) electrons. The molecule has 0 aliphatic rings. The van der Waals surface area contributed by atoms with Crippen molar-refractivity contribution < 1.29 is 4.92 Å². The van der Waals surface area contributed by atoms with Crippen LogP contribution in [-0.2, 0) is 0 Å². The van der Waals surface area contributed by atoms with Crippen molar-refractivity contribution in [2.75, 3.05) is 0 Å². The maximum Gasteiger partial charge on any atom is 0.287 e. The molecule has 0 N–H and O–H groups in total. The van der Waals surface area contributed by atoms with Crippen LogP contribution in [0.25, 0.3) is 0 Å². The van der Waals surface area contributed by atoms with E-state index in [2.05, 4.69) is 11.8 Å². The molecule has 0 amide bonds. The van der Waals surface area contributed by atoms with E-state index in [1.165, 1.54) is 0 Å². The monoisotopic (exact) mass is 237 g/mol. The lowest BCUT2D eigenvalue weighted by atomic mass is 10.1. The van der Waals surface area contributed by atoms with Crippen LogP contribution in [0.1, 0.15) is 16.7 Å². The quantitative estimate of drug-likeness (QED) is 0.434. The highest BCUT2D eigenvalue weighted by Gasteiger charge is 2.14. The van der Waals surface area contributed by atoms with Crippen LogP contribution in [0, 0.1) is 28.9 Å². The molecule has 0 heterocycles. The van der Waals surface area contributed by atoms with Crippen LogP contribution in [0.3, 0.4) is 0 Å². The van der Waals surface area contributed by atoms with Gasteiger partial charge < -0.3 is 0 Å². The van der Waals surface area contributed by atoms with Gasteiger partial charge in [0.2, 0.25) is 0 Å². The predicted molar refractivity (Wildman–Crippen MR) is 70.3 cm³/mol.